The van der Waals surface area contributed by atoms with Crippen molar-refractivity contribution in [2.45, 2.75) is 52.1 Å². The molecule has 8 nitrogen and oxygen atoms in total. The fourth-order valence-electron chi connectivity index (χ4n) is 3.05. The van der Waals surface area contributed by atoms with Crippen molar-refractivity contribution >= 4 is 37.2 Å². The SMILES string of the molecule is CC(C)(C)OC(=O)NC[C@H]1CC[C@H](CNc2nc(Cl)ncc2P(O)O)CC1. The molecule has 0 aliphatic heterocycles. The fraction of sp³-hybridized carbons (Fsp3) is 0.706. The second-order valence-corrected chi connectivity index (χ2v) is 9.21. The fourth-order valence-corrected chi connectivity index (χ4v) is 3.67. The van der Waals surface area contributed by atoms with E-state index >= 15 is 0 Å². The second-order valence-electron chi connectivity index (χ2n) is 7.81. The number of anilines is 1. The molecule has 0 spiro atoms. The average molecular weight is 419 g/mol. The third kappa shape index (κ3) is 7.74. The van der Waals surface area contributed by atoms with Gasteiger partial charge in [0.1, 0.15) is 11.4 Å². The van der Waals surface area contributed by atoms with E-state index in [1.54, 1.807) is 0 Å². The van der Waals surface area contributed by atoms with Crippen LogP contribution in [-0.4, -0.2) is 44.5 Å². The van der Waals surface area contributed by atoms with Crippen molar-refractivity contribution < 1.29 is 19.3 Å². The second kappa shape index (κ2) is 9.82. The Bertz CT molecular complexity index is 634. The molecule has 10 heteroatoms. The molecular formula is C17H28ClN4O4P. The maximum Gasteiger partial charge on any atom is 0.407 e. The van der Waals surface area contributed by atoms with E-state index in [9.17, 15) is 14.6 Å². The Balaban J connectivity index is 1.74. The number of nitrogens with zero attached hydrogens (tertiary/aromatic N) is 2. The molecule has 152 valence electrons. The van der Waals surface area contributed by atoms with Gasteiger partial charge in [0, 0.05) is 19.3 Å². The highest BCUT2D eigenvalue weighted by Crippen LogP contribution is 2.30. The summed E-state index contributed by atoms with van der Waals surface area (Å²) in [5, 5.41) is 6.35. The van der Waals surface area contributed by atoms with Gasteiger partial charge in [-0.2, -0.15) is 4.98 Å². The third-order valence-electron chi connectivity index (χ3n) is 4.41. The molecule has 0 saturated heterocycles. The molecular weight excluding hydrogens is 391 g/mol. The van der Waals surface area contributed by atoms with Gasteiger partial charge in [-0.05, 0) is 69.9 Å². The van der Waals surface area contributed by atoms with E-state index in [2.05, 4.69) is 20.6 Å². The number of halogens is 1. The monoisotopic (exact) mass is 418 g/mol. The van der Waals surface area contributed by atoms with Gasteiger partial charge in [-0.3, -0.25) is 0 Å². The molecule has 0 atom stereocenters. The molecule has 1 fully saturated rings. The zero-order valence-corrected chi connectivity index (χ0v) is 17.6. The first kappa shape index (κ1) is 22.1. The molecule has 27 heavy (non-hydrogen) atoms. The predicted molar refractivity (Wildman–Crippen MR) is 106 cm³/mol. The first-order chi connectivity index (χ1) is 12.6. The molecule has 0 radical (unpaired) electrons. The first-order valence-electron chi connectivity index (χ1n) is 9.05. The smallest absolute Gasteiger partial charge is 0.407 e. The van der Waals surface area contributed by atoms with Crippen molar-refractivity contribution in [3.05, 3.63) is 11.5 Å². The standard InChI is InChI=1S/C17H28ClN4O4P/c1-17(2,3)26-16(23)21-9-12-6-4-11(5-7-12)8-19-14-13(27(24)25)10-20-15(18)22-14/h10-12,24-25H,4-9H2,1-3H3,(H,21,23)(H,19,20,22)/t11-,12-. The number of hydrogen-bond acceptors (Lipinski definition) is 7. The molecule has 1 heterocycles. The van der Waals surface area contributed by atoms with Gasteiger partial charge in [-0.1, -0.05) is 0 Å². The molecule has 4 N–H and O–H groups in total. The molecule has 1 aromatic rings. The number of ether oxygens (including phenoxy) is 1. The van der Waals surface area contributed by atoms with Gasteiger partial charge >= 0.3 is 6.09 Å². The Morgan fingerprint density at radius 3 is 2.41 bits per heavy atom. The minimum atomic E-state index is -2.28. The summed E-state index contributed by atoms with van der Waals surface area (Å²) in [4.78, 5) is 38.5. The van der Waals surface area contributed by atoms with E-state index in [0.29, 0.717) is 30.7 Å². The van der Waals surface area contributed by atoms with Crippen LogP contribution in [0.1, 0.15) is 46.5 Å². The van der Waals surface area contributed by atoms with Crippen molar-refractivity contribution in [3.63, 3.8) is 0 Å². The maximum atomic E-state index is 11.7. The normalized spacial score (nSPS) is 20.4. The molecule has 0 bridgehead atoms. The molecule has 0 aromatic carbocycles. The average Bonchev–Trinajstić information content (AvgIpc) is 2.57. The van der Waals surface area contributed by atoms with Gasteiger partial charge in [0.15, 0.2) is 0 Å². The van der Waals surface area contributed by atoms with Crippen molar-refractivity contribution in [1.82, 2.24) is 15.3 Å². The summed E-state index contributed by atoms with van der Waals surface area (Å²) in [5.41, 5.74) is -0.486. The Morgan fingerprint density at radius 2 is 1.85 bits per heavy atom. The molecule has 1 amide bonds. The lowest BCUT2D eigenvalue weighted by Crippen LogP contribution is -2.36. The summed E-state index contributed by atoms with van der Waals surface area (Å²) < 4.78 is 5.26. The van der Waals surface area contributed by atoms with E-state index in [1.165, 1.54) is 6.20 Å². The molecule has 1 saturated carbocycles. The van der Waals surface area contributed by atoms with Crippen LogP contribution >= 0.6 is 20.0 Å². The number of carbonyl (C=O) groups excluding carboxylic acids is 1. The van der Waals surface area contributed by atoms with Crippen LogP contribution < -0.4 is 15.9 Å². The summed E-state index contributed by atoms with van der Waals surface area (Å²) in [6.45, 7) is 6.84. The Labute approximate surface area is 166 Å². The van der Waals surface area contributed by atoms with E-state index in [1.807, 2.05) is 20.8 Å². The van der Waals surface area contributed by atoms with Gasteiger partial charge in [-0.25, -0.2) is 9.78 Å². The molecule has 2 rings (SSSR count). The van der Waals surface area contributed by atoms with Crippen LogP contribution in [0.4, 0.5) is 10.6 Å². The summed E-state index contributed by atoms with van der Waals surface area (Å²) in [7, 11) is -2.28. The van der Waals surface area contributed by atoms with E-state index < -0.39 is 14.0 Å². The van der Waals surface area contributed by atoms with Crippen LogP contribution in [0, 0.1) is 11.8 Å². The van der Waals surface area contributed by atoms with Crippen molar-refractivity contribution in [3.8, 4) is 0 Å². The highest BCUT2D eigenvalue weighted by Gasteiger charge is 2.23. The minimum absolute atomic E-state index is 0.0648. The lowest BCUT2D eigenvalue weighted by Gasteiger charge is -2.29. The third-order valence-corrected chi connectivity index (χ3v) is 5.35. The van der Waals surface area contributed by atoms with E-state index in [0.717, 1.165) is 25.7 Å². The first-order valence-corrected chi connectivity index (χ1v) is 10.7. The number of amides is 1. The lowest BCUT2D eigenvalue weighted by atomic mass is 9.82. The van der Waals surface area contributed by atoms with Crippen molar-refractivity contribution in [2.24, 2.45) is 11.8 Å². The van der Waals surface area contributed by atoms with Gasteiger partial charge in [0.25, 0.3) is 0 Å². The Hall–Kier alpha value is -1.21. The lowest BCUT2D eigenvalue weighted by molar-refractivity contribution is 0.0513. The van der Waals surface area contributed by atoms with Gasteiger partial charge in [0.05, 0.1) is 5.30 Å². The number of alkyl carbamates (subject to hydrolysis) is 1. The van der Waals surface area contributed by atoms with Crippen molar-refractivity contribution in [2.75, 3.05) is 18.4 Å². The number of hydrogen-bond donors (Lipinski definition) is 4. The van der Waals surface area contributed by atoms with Gasteiger partial charge in [-0.15, -0.1) is 0 Å². The number of carbonyl (C=O) groups is 1. The van der Waals surface area contributed by atoms with E-state index in [4.69, 9.17) is 16.3 Å². The molecule has 1 aliphatic rings. The van der Waals surface area contributed by atoms with Gasteiger partial charge in [0.2, 0.25) is 13.7 Å². The number of rotatable bonds is 6. The van der Waals surface area contributed by atoms with Crippen LogP contribution in [0.5, 0.6) is 0 Å². The topological polar surface area (TPSA) is 117 Å². The van der Waals surface area contributed by atoms with Crippen LogP contribution in [-0.2, 0) is 4.74 Å². The summed E-state index contributed by atoms with van der Waals surface area (Å²) in [6.07, 6.45) is 5.05. The Morgan fingerprint density at radius 1 is 1.26 bits per heavy atom. The number of nitrogens with one attached hydrogen (secondary N) is 2. The van der Waals surface area contributed by atoms with Crippen LogP contribution in [0.3, 0.4) is 0 Å². The summed E-state index contributed by atoms with van der Waals surface area (Å²) >= 11 is 5.80. The number of aromatic nitrogens is 2. The predicted octanol–water partition coefficient (Wildman–Crippen LogP) is 2.79. The zero-order chi connectivity index (χ0) is 20.0. The Kier molecular flexibility index (Phi) is 8.04. The summed E-state index contributed by atoms with van der Waals surface area (Å²) in [5.74, 6) is 1.27. The molecule has 1 aliphatic carbocycles. The van der Waals surface area contributed by atoms with E-state index in [-0.39, 0.29) is 16.7 Å². The van der Waals surface area contributed by atoms with Gasteiger partial charge < -0.3 is 25.2 Å². The van der Waals surface area contributed by atoms with Crippen LogP contribution in [0.15, 0.2) is 6.20 Å². The van der Waals surface area contributed by atoms with Crippen LogP contribution in [0.25, 0.3) is 0 Å². The molecule has 0 unspecified atom stereocenters. The van der Waals surface area contributed by atoms with Crippen molar-refractivity contribution in [1.29, 1.82) is 0 Å². The largest absolute Gasteiger partial charge is 0.444 e. The minimum Gasteiger partial charge on any atom is -0.444 e. The quantitative estimate of drug-likeness (QED) is 0.414. The summed E-state index contributed by atoms with van der Waals surface area (Å²) in [6, 6.07) is 0. The van der Waals surface area contributed by atoms with Crippen LogP contribution in [0.2, 0.25) is 5.28 Å². The maximum absolute atomic E-state index is 11.7. The zero-order valence-electron chi connectivity index (χ0n) is 15.9. The molecule has 1 aromatic heterocycles. The highest BCUT2D eigenvalue weighted by atomic mass is 35.5. The highest BCUT2D eigenvalue weighted by molar-refractivity contribution is 7.54.